The lowest BCUT2D eigenvalue weighted by Gasteiger charge is -2.20. The van der Waals surface area contributed by atoms with Crippen LogP contribution in [0.4, 0.5) is 4.39 Å². The van der Waals surface area contributed by atoms with Crippen LogP contribution >= 0.6 is 0 Å². The maximum Gasteiger partial charge on any atom is 0.123 e. The van der Waals surface area contributed by atoms with E-state index in [0.29, 0.717) is 5.92 Å². The highest BCUT2D eigenvalue weighted by Gasteiger charge is 2.26. The molecule has 1 saturated heterocycles. The Morgan fingerprint density at radius 3 is 2.71 bits per heavy atom. The lowest BCUT2D eigenvalue weighted by atomic mass is 9.93. The van der Waals surface area contributed by atoms with Crippen LogP contribution in [0.15, 0.2) is 24.3 Å². The van der Waals surface area contributed by atoms with Gasteiger partial charge in [-0.1, -0.05) is 19.1 Å². The first kappa shape index (κ1) is 12.5. The zero-order valence-electron chi connectivity index (χ0n) is 10.4. The summed E-state index contributed by atoms with van der Waals surface area (Å²) in [6.45, 7) is 5.57. The molecule has 94 valence electrons. The van der Waals surface area contributed by atoms with Crippen LogP contribution in [-0.4, -0.2) is 30.6 Å². The molecule has 0 spiro atoms. The number of benzene rings is 1. The molecule has 0 amide bonds. The summed E-state index contributed by atoms with van der Waals surface area (Å²) in [5.74, 6) is 0.403. The van der Waals surface area contributed by atoms with E-state index in [9.17, 15) is 4.39 Å². The van der Waals surface area contributed by atoms with Gasteiger partial charge < -0.3 is 10.6 Å². The molecule has 1 aliphatic heterocycles. The summed E-state index contributed by atoms with van der Waals surface area (Å²) >= 11 is 0. The van der Waals surface area contributed by atoms with Gasteiger partial charge in [0.1, 0.15) is 5.82 Å². The van der Waals surface area contributed by atoms with Crippen molar-refractivity contribution in [3.63, 3.8) is 0 Å². The first-order valence-electron chi connectivity index (χ1n) is 6.41. The Hall–Kier alpha value is -0.930. The molecule has 3 heteroatoms. The van der Waals surface area contributed by atoms with Crippen molar-refractivity contribution in [2.24, 2.45) is 11.7 Å². The van der Waals surface area contributed by atoms with Gasteiger partial charge in [0.25, 0.3) is 0 Å². The summed E-state index contributed by atoms with van der Waals surface area (Å²) in [4.78, 5) is 2.44. The third-order valence-corrected chi connectivity index (χ3v) is 3.75. The number of hydrogen-bond donors (Lipinski definition) is 1. The zero-order valence-corrected chi connectivity index (χ0v) is 10.4. The standard InChI is InChI=1S/C14H21FN2/c1-2-17-8-7-12(10-17)14(16)9-11-3-5-13(15)6-4-11/h3-6,12,14H,2,7-10,16H2,1H3. The molecule has 0 saturated carbocycles. The highest BCUT2D eigenvalue weighted by atomic mass is 19.1. The van der Waals surface area contributed by atoms with Crippen molar-refractivity contribution in [1.82, 2.24) is 4.90 Å². The lowest BCUT2D eigenvalue weighted by molar-refractivity contribution is 0.327. The number of hydrogen-bond acceptors (Lipinski definition) is 2. The Morgan fingerprint density at radius 2 is 2.12 bits per heavy atom. The molecular weight excluding hydrogens is 215 g/mol. The molecule has 2 unspecified atom stereocenters. The molecule has 2 N–H and O–H groups in total. The van der Waals surface area contributed by atoms with E-state index in [-0.39, 0.29) is 11.9 Å². The molecular formula is C14H21FN2. The summed E-state index contributed by atoms with van der Waals surface area (Å²) in [5.41, 5.74) is 7.38. The fourth-order valence-corrected chi connectivity index (χ4v) is 2.56. The molecule has 1 heterocycles. The quantitative estimate of drug-likeness (QED) is 0.867. The molecule has 1 aromatic rings. The summed E-state index contributed by atoms with van der Waals surface area (Å²) in [5, 5.41) is 0. The van der Waals surface area contributed by atoms with Gasteiger partial charge in [0.2, 0.25) is 0 Å². The summed E-state index contributed by atoms with van der Waals surface area (Å²) in [7, 11) is 0. The van der Waals surface area contributed by atoms with Crippen molar-refractivity contribution in [1.29, 1.82) is 0 Å². The van der Waals surface area contributed by atoms with Gasteiger partial charge in [-0.05, 0) is 49.5 Å². The average molecular weight is 236 g/mol. The number of nitrogens with zero attached hydrogens (tertiary/aromatic N) is 1. The van der Waals surface area contributed by atoms with E-state index in [1.807, 2.05) is 12.1 Å². The third kappa shape index (κ3) is 3.27. The third-order valence-electron chi connectivity index (χ3n) is 3.75. The van der Waals surface area contributed by atoms with Gasteiger partial charge >= 0.3 is 0 Å². The molecule has 2 nitrogen and oxygen atoms in total. The Labute approximate surface area is 103 Å². The summed E-state index contributed by atoms with van der Waals surface area (Å²) < 4.78 is 12.8. The minimum Gasteiger partial charge on any atom is -0.327 e. The molecule has 1 fully saturated rings. The van der Waals surface area contributed by atoms with Gasteiger partial charge in [0, 0.05) is 12.6 Å². The average Bonchev–Trinajstić information content (AvgIpc) is 2.81. The Balaban J connectivity index is 1.89. The molecule has 1 aliphatic rings. The van der Waals surface area contributed by atoms with Crippen molar-refractivity contribution >= 4 is 0 Å². The normalized spacial score (nSPS) is 22.9. The van der Waals surface area contributed by atoms with E-state index < -0.39 is 0 Å². The van der Waals surface area contributed by atoms with Crippen LogP contribution in [0.1, 0.15) is 18.9 Å². The van der Waals surface area contributed by atoms with E-state index in [2.05, 4.69) is 11.8 Å². The Morgan fingerprint density at radius 1 is 1.41 bits per heavy atom. The van der Waals surface area contributed by atoms with Crippen molar-refractivity contribution in [2.45, 2.75) is 25.8 Å². The maximum absolute atomic E-state index is 12.8. The van der Waals surface area contributed by atoms with Crippen LogP contribution in [0, 0.1) is 11.7 Å². The van der Waals surface area contributed by atoms with Crippen LogP contribution in [-0.2, 0) is 6.42 Å². The number of rotatable bonds is 4. The second-order valence-electron chi connectivity index (χ2n) is 4.94. The number of likely N-dealkylation sites (tertiary alicyclic amines) is 1. The fraction of sp³-hybridized carbons (Fsp3) is 0.571. The smallest absolute Gasteiger partial charge is 0.123 e. The maximum atomic E-state index is 12.8. The van der Waals surface area contributed by atoms with Crippen molar-refractivity contribution in [2.75, 3.05) is 19.6 Å². The SMILES string of the molecule is CCN1CCC(C(N)Cc2ccc(F)cc2)C1. The van der Waals surface area contributed by atoms with Crippen molar-refractivity contribution in [3.8, 4) is 0 Å². The first-order chi connectivity index (χ1) is 8.19. The molecule has 2 atom stereocenters. The minimum atomic E-state index is -0.180. The minimum absolute atomic E-state index is 0.180. The summed E-state index contributed by atoms with van der Waals surface area (Å²) in [6.07, 6.45) is 2.04. The predicted octanol–water partition coefficient (Wildman–Crippen LogP) is 2.04. The highest BCUT2D eigenvalue weighted by molar-refractivity contribution is 5.17. The monoisotopic (exact) mass is 236 g/mol. The van der Waals surface area contributed by atoms with Crippen molar-refractivity contribution in [3.05, 3.63) is 35.6 Å². The predicted molar refractivity (Wildman–Crippen MR) is 68.3 cm³/mol. The second kappa shape index (κ2) is 5.61. The molecule has 0 radical (unpaired) electrons. The van der Waals surface area contributed by atoms with Gasteiger partial charge in [-0.25, -0.2) is 4.39 Å². The molecule has 0 bridgehead atoms. The number of nitrogens with two attached hydrogens (primary N) is 1. The van der Waals surface area contributed by atoms with Crippen LogP contribution in [0.3, 0.4) is 0 Å². The van der Waals surface area contributed by atoms with E-state index >= 15 is 0 Å². The molecule has 0 aliphatic carbocycles. The van der Waals surface area contributed by atoms with Crippen LogP contribution in [0.5, 0.6) is 0 Å². The molecule has 2 rings (SSSR count). The van der Waals surface area contributed by atoms with Crippen LogP contribution in [0.25, 0.3) is 0 Å². The first-order valence-corrected chi connectivity index (χ1v) is 6.41. The topological polar surface area (TPSA) is 29.3 Å². The molecule has 17 heavy (non-hydrogen) atoms. The van der Waals surface area contributed by atoms with E-state index in [0.717, 1.165) is 31.6 Å². The van der Waals surface area contributed by atoms with E-state index in [4.69, 9.17) is 5.73 Å². The largest absolute Gasteiger partial charge is 0.327 e. The zero-order chi connectivity index (χ0) is 12.3. The van der Waals surface area contributed by atoms with Gasteiger partial charge in [-0.3, -0.25) is 0 Å². The molecule has 0 aromatic heterocycles. The number of halogens is 1. The Bertz CT molecular complexity index is 350. The molecule has 1 aromatic carbocycles. The van der Waals surface area contributed by atoms with Gasteiger partial charge in [0.15, 0.2) is 0 Å². The van der Waals surface area contributed by atoms with E-state index in [1.165, 1.54) is 18.6 Å². The van der Waals surface area contributed by atoms with Crippen molar-refractivity contribution < 1.29 is 4.39 Å². The summed E-state index contributed by atoms with van der Waals surface area (Å²) in [6, 6.07) is 6.88. The van der Waals surface area contributed by atoms with E-state index in [1.54, 1.807) is 0 Å². The highest BCUT2D eigenvalue weighted by Crippen LogP contribution is 2.20. The lowest BCUT2D eigenvalue weighted by Crippen LogP contribution is -2.34. The second-order valence-corrected chi connectivity index (χ2v) is 4.94. The van der Waals surface area contributed by atoms with Gasteiger partial charge in [-0.2, -0.15) is 0 Å². The Kier molecular flexibility index (Phi) is 4.13. The van der Waals surface area contributed by atoms with Gasteiger partial charge in [-0.15, -0.1) is 0 Å². The van der Waals surface area contributed by atoms with Crippen LogP contribution in [0.2, 0.25) is 0 Å². The fourth-order valence-electron chi connectivity index (χ4n) is 2.56. The van der Waals surface area contributed by atoms with Gasteiger partial charge in [0.05, 0.1) is 0 Å². The van der Waals surface area contributed by atoms with Crippen LogP contribution < -0.4 is 5.73 Å².